The number of likely N-dealkylation sites (N-methyl/N-ethyl adjacent to an activating group) is 1. The predicted molar refractivity (Wildman–Crippen MR) is 99.8 cm³/mol. The molecule has 0 saturated carbocycles. The van der Waals surface area contributed by atoms with Crippen LogP contribution < -0.4 is 9.80 Å². The predicted octanol–water partition coefficient (Wildman–Crippen LogP) is 2.71. The highest BCUT2D eigenvalue weighted by molar-refractivity contribution is 7.22. The summed E-state index contributed by atoms with van der Waals surface area (Å²) in [4.78, 5) is 13.6. The fraction of sp³-hybridized carbons (Fsp3) is 0.250. The summed E-state index contributed by atoms with van der Waals surface area (Å²) in [5.74, 6) is 0.872. The maximum atomic E-state index is 6.24. The topological polar surface area (TPSA) is 62.5 Å². The van der Waals surface area contributed by atoms with Crippen LogP contribution in [-0.4, -0.2) is 50.7 Å². The number of hydrogen-bond acceptors (Lipinski definition) is 7. The van der Waals surface area contributed by atoms with Crippen LogP contribution in [0.15, 0.2) is 36.9 Å². The summed E-state index contributed by atoms with van der Waals surface area (Å²) in [6, 6.07) is 6.27. The molecule has 0 bridgehead atoms. The van der Waals surface area contributed by atoms with E-state index < -0.39 is 0 Å². The minimum Gasteiger partial charge on any atom is -0.349 e. The zero-order valence-electron chi connectivity index (χ0n) is 13.4. The highest BCUT2D eigenvalue weighted by Crippen LogP contribution is 2.34. The molecule has 0 spiro atoms. The quantitative estimate of drug-likeness (QED) is 0.551. The van der Waals surface area contributed by atoms with Crippen molar-refractivity contribution >= 4 is 49.8 Å². The number of anilines is 2. The summed E-state index contributed by atoms with van der Waals surface area (Å²) >= 11 is 7.91. The molecule has 3 aromatic heterocycles. The zero-order chi connectivity index (χ0) is 17.0. The summed E-state index contributed by atoms with van der Waals surface area (Å²) in [5.41, 5.74) is 1.66. The van der Waals surface area contributed by atoms with E-state index >= 15 is 0 Å². The lowest BCUT2D eigenvalue weighted by Crippen LogP contribution is -2.59. The maximum absolute atomic E-state index is 6.24. The third kappa shape index (κ3) is 2.32. The van der Waals surface area contributed by atoms with Gasteiger partial charge in [-0.1, -0.05) is 29.0 Å². The van der Waals surface area contributed by atoms with E-state index in [2.05, 4.69) is 38.1 Å². The van der Waals surface area contributed by atoms with E-state index in [0.717, 1.165) is 39.9 Å². The zero-order valence-corrected chi connectivity index (χ0v) is 14.9. The van der Waals surface area contributed by atoms with Gasteiger partial charge in [-0.25, -0.2) is 9.97 Å². The Morgan fingerprint density at radius 2 is 2.20 bits per heavy atom. The van der Waals surface area contributed by atoms with Crippen molar-refractivity contribution in [2.45, 2.75) is 6.04 Å². The number of aromatic nitrogens is 5. The molecule has 0 unspecified atom stereocenters. The summed E-state index contributed by atoms with van der Waals surface area (Å²) in [7, 11) is 2.08. The van der Waals surface area contributed by atoms with Crippen LogP contribution in [0.5, 0.6) is 0 Å². The van der Waals surface area contributed by atoms with E-state index in [1.165, 1.54) is 0 Å². The van der Waals surface area contributed by atoms with E-state index in [4.69, 9.17) is 16.6 Å². The standard InChI is InChI=1S/C16H14ClN7S/c1-22(16-20-13-11(17)3-2-4-12(13)25-16)10-7-24(8-10)14-15-21-19-9-23(15)6-5-18-14/h2-6,9-10H,7-8H2,1H3. The van der Waals surface area contributed by atoms with Gasteiger partial charge in [-0.05, 0) is 12.1 Å². The van der Waals surface area contributed by atoms with E-state index in [1.807, 2.05) is 22.7 Å². The van der Waals surface area contributed by atoms with E-state index in [9.17, 15) is 0 Å². The molecule has 1 aliphatic heterocycles. The van der Waals surface area contributed by atoms with Gasteiger partial charge in [-0.3, -0.25) is 4.40 Å². The minimum atomic E-state index is 0.379. The molecule has 5 rings (SSSR count). The van der Waals surface area contributed by atoms with Gasteiger partial charge in [-0.15, -0.1) is 10.2 Å². The lowest BCUT2D eigenvalue weighted by atomic mass is 10.1. The molecule has 0 atom stereocenters. The Labute approximate surface area is 152 Å². The van der Waals surface area contributed by atoms with E-state index in [1.54, 1.807) is 23.9 Å². The second-order valence-electron chi connectivity index (χ2n) is 6.07. The molecule has 0 N–H and O–H groups in total. The number of benzene rings is 1. The van der Waals surface area contributed by atoms with Gasteiger partial charge in [0.25, 0.3) is 0 Å². The van der Waals surface area contributed by atoms with Crippen LogP contribution >= 0.6 is 22.9 Å². The number of fused-ring (bicyclic) bond motifs is 2. The molecule has 0 amide bonds. The highest BCUT2D eigenvalue weighted by Gasteiger charge is 2.33. The SMILES string of the molecule is CN(c1nc2c(Cl)cccc2s1)C1CN(c2nccn3cnnc23)C1. The lowest BCUT2D eigenvalue weighted by Gasteiger charge is -2.44. The molecule has 25 heavy (non-hydrogen) atoms. The second-order valence-corrected chi connectivity index (χ2v) is 7.48. The monoisotopic (exact) mass is 371 g/mol. The second kappa shape index (κ2) is 5.53. The van der Waals surface area contributed by atoms with Crippen molar-refractivity contribution in [2.24, 2.45) is 0 Å². The molecular formula is C16H14ClN7S. The van der Waals surface area contributed by atoms with Crippen LogP contribution in [0.1, 0.15) is 0 Å². The van der Waals surface area contributed by atoms with Crippen molar-refractivity contribution < 1.29 is 0 Å². The summed E-state index contributed by atoms with van der Waals surface area (Å²) in [5, 5.41) is 9.80. The molecular weight excluding hydrogens is 358 g/mol. The highest BCUT2D eigenvalue weighted by atomic mass is 35.5. The van der Waals surface area contributed by atoms with Gasteiger partial charge in [0.2, 0.25) is 5.65 Å². The fourth-order valence-corrected chi connectivity index (χ4v) is 4.35. The Morgan fingerprint density at radius 3 is 3.04 bits per heavy atom. The molecule has 4 aromatic rings. The Hall–Kier alpha value is -2.45. The van der Waals surface area contributed by atoms with Gasteiger partial charge in [0, 0.05) is 32.5 Å². The third-order valence-electron chi connectivity index (χ3n) is 4.57. The van der Waals surface area contributed by atoms with Crippen molar-refractivity contribution in [3.63, 3.8) is 0 Å². The van der Waals surface area contributed by atoms with Crippen molar-refractivity contribution in [1.82, 2.24) is 24.6 Å². The molecule has 0 aliphatic carbocycles. The van der Waals surface area contributed by atoms with E-state index in [0.29, 0.717) is 11.1 Å². The summed E-state index contributed by atoms with van der Waals surface area (Å²) in [6.07, 6.45) is 5.32. The fourth-order valence-electron chi connectivity index (χ4n) is 3.05. The van der Waals surface area contributed by atoms with Crippen molar-refractivity contribution in [1.29, 1.82) is 0 Å². The Kier molecular flexibility index (Phi) is 3.29. The van der Waals surface area contributed by atoms with Crippen LogP contribution in [0, 0.1) is 0 Å². The van der Waals surface area contributed by atoms with Gasteiger partial charge >= 0.3 is 0 Å². The van der Waals surface area contributed by atoms with E-state index in [-0.39, 0.29) is 0 Å². The van der Waals surface area contributed by atoms with Gasteiger partial charge in [-0.2, -0.15) is 0 Å². The lowest BCUT2D eigenvalue weighted by molar-refractivity contribution is 0.492. The maximum Gasteiger partial charge on any atom is 0.203 e. The molecule has 1 aromatic carbocycles. The smallest absolute Gasteiger partial charge is 0.203 e. The summed E-state index contributed by atoms with van der Waals surface area (Å²) in [6.45, 7) is 1.75. The average Bonchev–Trinajstić information content (AvgIpc) is 3.21. The largest absolute Gasteiger partial charge is 0.349 e. The first-order valence-corrected chi connectivity index (χ1v) is 9.07. The van der Waals surface area contributed by atoms with Crippen molar-refractivity contribution in [3.8, 4) is 0 Å². The number of hydrogen-bond donors (Lipinski definition) is 0. The first-order valence-electron chi connectivity index (χ1n) is 7.88. The molecule has 126 valence electrons. The first-order chi connectivity index (χ1) is 12.2. The van der Waals surface area contributed by atoms with Crippen LogP contribution in [0.25, 0.3) is 15.9 Å². The third-order valence-corrected chi connectivity index (χ3v) is 5.98. The van der Waals surface area contributed by atoms with Crippen molar-refractivity contribution in [3.05, 3.63) is 41.9 Å². The number of halogens is 1. The molecule has 4 heterocycles. The van der Waals surface area contributed by atoms with Gasteiger partial charge in [0.15, 0.2) is 10.9 Å². The van der Waals surface area contributed by atoms with Crippen LogP contribution in [0.2, 0.25) is 5.02 Å². The van der Waals surface area contributed by atoms with Gasteiger partial charge in [0.1, 0.15) is 11.8 Å². The summed E-state index contributed by atoms with van der Waals surface area (Å²) < 4.78 is 3.00. The van der Waals surface area contributed by atoms with Gasteiger partial charge < -0.3 is 9.80 Å². The Morgan fingerprint density at radius 1 is 1.32 bits per heavy atom. The van der Waals surface area contributed by atoms with Crippen LogP contribution in [0.3, 0.4) is 0 Å². The molecule has 1 saturated heterocycles. The molecule has 1 aliphatic rings. The van der Waals surface area contributed by atoms with Crippen molar-refractivity contribution in [2.75, 3.05) is 29.9 Å². The minimum absolute atomic E-state index is 0.379. The molecule has 9 heteroatoms. The molecule has 7 nitrogen and oxygen atoms in total. The van der Waals surface area contributed by atoms with Gasteiger partial charge in [0.05, 0.1) is 15.8 Å². The van der Waals surface area contributed by atoms with Crippen LogP contribution in [0.4, 0.5) is 10.9 Å². The molecule has 0 radical (unpaired) electrons. The number of para-hydroxylation sites is 1. The number of nitrogens with zero attached hydrogens (tertiary/aromatic N) is 7. The van der Waals surface area contributed by atoms with Crippen LogP contribution in [-0.2, 0) is 0 Å². The number of thiazole rings is 1. The normalized spacial score (nSPS) is 15.0. The average molecular weight is 372 g/mol. The molecule has 1 fully saturated rings. The Balaban J connectivity index is 1.37. The number of rotatable bonds is 3. The first kappa shape index (κ1) is 14.9. The Bertz CT molecular complexity index is 1070.